The number of benzene rings is 3. The Bertz CT molecular complexity index is 1390. The van der Waals surface area contributed by atoms with Crippen LogP contribution in [0.5, 0.6) is 0 Å². The fraction of sp³-hybridized carbons (Fsp3) is 0.200. The van der Waals surface area contributed by atoms with Gasteiger partial charge in [0.15, 0.2) is 0 Å². The first-order valence-electron chi connectivity index (χ1n) is 10.7. The average Bonchev–Trinajstić information content (AvgIpc) is 3.18. The zero-order chi connectivity index (χ0) is 23.1. The molecule has 1 fully saturated rings. The minimum absolute atomic E-state index is 0.0433. The highest BCUT2D eigenvalue weighted by Crippen LogP contribution is 2.38. The Morgan fingerprint density at radius 1 is 1.03 bits per heavy atom. The summed E-state index contributed by atoms with van der Waals surface area (Å²) in [6, 6.07) is 11.7. The molecule has 3 aromatic carbocycles. The average molecular weight is 449 g/mol. The Morgan fingerprint density at radius 2 is 1.76 bits per heavy atom. The van der Waals surface area contributed by atoms with E-state index in [0.29, 0.717) is 40.6 Å². The molecule has 1 aliphatic heterocycles. The summed E-state index contributed by atoms with van der Waals surface area (Å²) in [6.45, 7) is 1.22. The predicted octanol–water partition coefficient (Wildman–Crippen LogP) is 4.27. The van der Waals surface area contributed by atoms with E-state index in [2.05, 4.69) is 10.3 Å². The summed E-state index contributed by atoms with van der Waals surface area (Å²) in [5.74, 6) is -2.34. The van der Waals surface area contributed by atoms with Crippen LogP contribution in [0.3, 0.4) is 0 Å². The van der Waals surface area contributed by atoms with Gasteiger partial charge in [0.05, 0.1) is 16.6 Å². The van der Waals surface area contributed by atoms with Crippen molar-refractivity contribution in [3.8, 4) is 11.1 Å². The van der Waals surface area contributed by atoms with Gasteiger partial charge in [-0.25, -0.2) is 8.78 Å². The van der Waals surface area contributed by atoms with Crippen LogP contribution in [0.1, 0.15) is 33.6 Å². The number of halogens is 2. The van der Waals surface area contributed by atoms with Crippen molar-refractivity contribution in [2.24, 2.45) is 5.73 Å². The van der Waals surface area contributed by atoms with E-state index in [1.165, 1.54) is 30.3 Å². The maximum Gasteiger partial charge on any atom is 0.251 e. The lowest BCUT2D eigenvalue weighted by Gasteiger charge is -2.23. The van der Waals surface area contributed by atoms with Crippen LogP contribution in [-0.4, -0.2) is 36.1 Å². The first-order chi connectivity index (χ1) is 15.9. The number of fused-ring (bicyclic) bond motifs is 3. The van der Waals surface area contributed by atoms with Gasteiger partial charge in [0.2, 0.25) is 0 Å². The minimum Gasteiger partial charge on any atom is -0.381 e. The van der Waals surface area contributed by atoms with Crippen LogP contribution < -0.4 is 11.1 Å². The number of rotatable bonds is 4. The van der Waals surface area contributed by atoms with Crippen LogP contribution in [0.4, 0.5) is 8.78 Å². The van der Waals surface area contributed by atoms with Crippen molar-refractivity contribution in [2.75, 3.05) is 13.2 Å². The summed E-state index contributed by atoms with van der Waals surface area (Å²) in [4.78, 5) is 28.0. The molecule has 2 heterocycles. The van der Waals surface area contributed by atoms with Crippen LogP contribution in [0.15, 0.2) is 48.5 Å². The molecule has 5 rings (SSSR count). The number of aromatic amines is 1. The molecule has 1 aliphatic rings. The maximum atomic E-state index is 14.6. The van der Waals surface area contributed by atoms with E-state index >= 15 is 0 Å². The second kappa shape index (κ2) is 8.29. The summed E-state index contributed by atoms with van der Waals surface area (Å²) >= 11 is 0. The van der Waals surface area contributed by atoms with Crippen LogP contribution in [0.25, 0.3) is 32.9 Å². The normalized spacial score (nSPS) is 14.6. The molecule has 0 saturated carbocycles. The zero-order valence-corrected chi connectivity index (χ0v) is 17.6. The highest BCUT2D eigenvalue weighted by molar-refractivity contribution is 6.20. The zero-order valence-electron chi connectivity index (χ0n) is 17.6. The molecule has 1 aromatic heterocycles. The van der Waals surface area contributed by atoms with E-state index in [9.17, 15) is 18.4 Å². The highest BCUT2D eigenvalue weighted by atomic mass is 19.1. The van der Waals surface area contributed by atoms with Gasteiger partial charge in [-0.05, 0) is 48.7 Å². The number of nitrogens with one attached hydrogen (secondary N) is 2. The summed E-state index contributed by atoms with van der Waals surface area (Å²) < 4.78 is 34.6. The molecule has 8 heteroatoms. The topological polar surface area (TPSA) is 97.2 Å². The van der Waals surface area contributed by atoms with Gasteiger partial charge in [0.1, 0.15) is 11.6 Å². The smallest absolute Gasteiger partial charge is 0.251 e. The molecule has 0 radical (unpaired) electrons. The molecule has 6 nitrogen and oxygen atoms in total. The number of nitrogens with two attached hydrogens (primary N) is 1. The number of primary amides is 1. The van der Waals surface area contributed by atoms with Gasteiger partial charge < -0.3 is 20.8 Å². The van der Waals surface area contributed by atoms with Crippen molar-refractivity contribution < 1.29 is 23.1 Å². The van der Waals surface area contributed by atoms with Gasteiger partial charge in [-0.3, -0.25) is 9.59 Å². The Kier molecular flexibility index (Phi) is 5.30. The third-order valence-electron chi connectivity index (χ3n) is 6.07. The summed E-state index contributed by atoms with van der Waals surface area (Å²) in [7, 11) is 0. The Labute approximate surface area is 187 Å². The largest absolute Gasteiger partial charge is 0.381 e. The lowest BCUT2D eigenvalue weighted by atomic mass is 9.96. The van der Waals surface area contributed by atoms with E-state index in [1.807, 2.05) is 0 Å². The molecular weight excluding hydrogens is 428 g/mol. The molecular formula is C25H21F2N3O3. The van der Waals surface area contributed by atoms with Gasteiger partial charge >= 0.3 is 0 Å². The first kappa shape index (κ1) is 21.1. The van der Waals surface area contributed by atoms with Crippen molar-refractivity contribution in [3.05, 3.63) is 71.3 Å². The molecule has 0 aliphatic carbocycles. The third kappa shape index (κ3) is 3.72. The molecule has 0 bridgehead atoms. The predicted molar refractivity (Wildman–Crippen MR) is 121 cm³/mol. The standard InChI is InChI=1S/C25H21F2N3O3/c26-18-2-1-3-19(27)22(18)16-6-7-17(24(28)31)23-21(16)15-5-4-13(12-20(15)30-23)25(32)29-14-8-10-33-11-9-14/h1-7,12,14,30H,8-11H2,(H2,28,31)(H,29,32). The number of H-pyrrole nitrogens is 1. The quantitative estimate of drug-likeness (QED) is 0.434. The minimum atomic E-state index is -0.718. The lowest BCUT2D eigenvalue weighted by Crippen LogP contribution is -2.38. The first-order valence-corrected chi connectivity index (χ1v) is 10.7. The number of aromatic nitrogens is 1. The highest BCUT2D eigenvalue weighted by Gasteiger charge is 2.22. The summed E-state index contributed by atoms with van der Waals surface area (Å²) in [5.41, 5.74) is 7.18. The van der Waals surface area contributed by atoms with Gasteiger partial charge in [0, 0.05) is 41.1 Å². The van der Waals surface area contributed by atoms with Crippen LogP contribution in [0.2, 0.25) is 0 Å². The van der Waals surface area contributed by atoms with Crippen LogP contribution in [0, 0.1) is 11.6 Å². The third-order valence-corrected chi connectivity index (χ3v) is 6.07. The number of carbonyl (C=O) groups is 2. The van der Waals surface area contributed by atoms with Gasteiger partial charge in [-0.15, -0.1) is 0 Å². The van der Waals surface area contributed by atoms with Crippen LogP contribution >= 0.6 is 0 Å². The lowest BCUT2D eigenvalue weighted by molar-refractivity contribution is 0.0696. The van der Waals surface area contributed by atoms with E-state index in [0.717, 1.165) is 12.8 Å². The SMILES string of the molecule is NC(=O)c1ccc(-c2c(F)cccc2F)c2c1[nH]c1cc(C(=O)NC3CCOCC3)ccc12. The van der Waals surface area contributed by atoms with E-state index in [-0.39, 0.29) is 28.6 Å². The number of ether oxygens (including phenoxy) is 1. The van der Waals surface area contributed by atoms with Gasteiger partial charge in [-0.1, -0.05) is 18.2 Å². The molecule has 0 unspecified atom stereocenters. The number of amides is 2. The van der Waals surface area contributed by atoms with Crippen molar-refractivity contribution in [1.82, 2.24) is 10.3 Å². The van der Waals surface area contributed by atoms with Crippen molar-refractivity contribution in [2.45, 2.75) is 18.9 Å². The number of carbonyl (C=O) groups excluding carboxylic acids is 2. The van der Waals surface area contributed by atoms with E-state index in [1.54, 1.807) is 18.2 Å². The number of hydrogen-bond donors (Lipinski definition) is 3. The molecule has 0 spiro atoms. The molecule has 33 heavy (non-hydrogen) atoms. The molecule has 4 N–H and O–H groups in total. The summed E-state index contributed by atoms with van der Waals surface area (Å²) in [5, 5.41) is 4.09. The molecule has 4 aromatic rings. The molecule has 2 amide bonds. The number of hydrogen-bond acceptors (Lipinski definition) is 3. The molecule has 168 valence electrons. The molecule has 0 atom stereocenters. The van der Waals surface area contributed by atoms with E-state index < -0.39 is 17.5 Å². The monoisotopic (exact) mass is 449 g/mol. The Balaban J connectivity index is 1.67. The molecule has 1 saturated heterocycles. The van der Waals surface area contributed by atoms with E-state index in [4.69, 9.17) is 10.5 Å². The summed E-state index contributed by atoms with van der Waals surface area (Å²) in [6.07, 6.45) is 1.50. The van der Waals surface area contributed by atoms with Gasteiger partial charge in [-0.2, -0.15) is 0 Å². The fourth-order valence-corrected chi connectivity index (χ4v) is 4.43. The second-order valence-corrected chi connectivity index (χ2v) is 8.12. The van der Waals surface area contributed by atoms with Crippen molar-refractivity contribution >= 4 is 33.6 Å². The van der Waals surface area contributed by atoms with Crippen molar-refractivity contribution in [1.29, 1.82) is 0 Å². The van der Waals surface area contributed by atoms with Crippen LogP contribution in [-0.2, 0) is 4.74 Å². The second-order valence-electron chi connectivity index (χ2n) is 8.12. The van der Waals surface area contributed by atoms with Gasteiger partial charge in [0.25, 0.3) is 11.8 Å². The Hall–Kier alpha value is -3.78. The van der Waals surface area contributed by atoms with Crippen molar-refractivity contribution in [3.63, 3.8) is 0 Å². The fourth-order valence-electron chi connectivity index (χ4n) is 4.43. The maximum absolute atomic E-state index is 14.6. The Morgan fingerprint density at radius 3 is 2.45 bits per heavy atom.